The molecule has 0 fully saturated rings. The molecule has 8 heteroatoms. The summed E-state index contributed by atoms with van der Waals surface area (Å²) in [7, 11) is 0. The minimum absolute atomic E-state index is 0. The molecule has 8 atom stereocenters. The molecule has 2 aliphatic rings. The third kappa shape index (κ3) is 8.30. The fraction of sp³-hybridized carbons (Fsp3) is 0.739. The summed E-state index contributed by atoms with van der Waals surface area (Å²) in [5.74, 6) is -1.60. The molecule has 170 valence electrons. The van der Waals surface area contributed by atoms with Crippen LogP contribution < -0.4 is 34.7 Å². The number of ether oxygens (including phenoxy) is 1. The van der Waals surface area contributed by atoms with Crippen molar-refractivity contribution in [3.63, 3.8) is 0 Å². The first-order valence-corrected chi connectivity index (χ1v) is 11.0. The van der Waals surface area contributed by atoms with E-state index in [-0.39, 0.29) is 65.6 Å². The number of carbonyl (C=O) groups is 2. The first-order valence-electron chi connectivity index (χ1n) is 11.0. The quantitative estimate of drug-likeness (QED) is 0.265. The van der Waals surface area contributed by atoms with E-state index in [1.807, 2.05) is 26.0 Å². The van der Waals surface area contributed by atoms with Crippen molar-refractivity contribution in [2.45, 2.75) is 83.7 Å². The molecule has 7 nitrogen and oxygen atoms in total. The van der Waals surface area contributed by atoms with Crippen LogP contribution in [0, 0.1) is 23.7 Å². The third-order valence-corrected chi connectivity index (χ3v) is 6.43. The SMILES string of the molecule is CC[C@H](C)C(=O)O[C@H]1C[C@H](O)C=C2C=C[C@H](C)[C@H](CC[C@@H](O)C[C@H](O)CC(=O)[O-])[C@H]21.[Na+]. The van der Waals surface area contributed by atoms with Crippen LogP contribution in [0.1, 0.15) is 59.3 Å². The number of esters is 1. The Balaban J connectivity index is 0.00000480. The molecule has 0 spiro atoms. The number of carbonyl (C=O) groups excluding carboxylic acids is 2. The van der Waals surface area contributed by atoms with E-state index < -0.39 is 36.8 Å². The first-order chi connectivity index (χ1) is 14.1. The number of allylic oxidation sites excluding steroid dienone is 2. The van der Waals surface area contributed by atoms with Crippen molar-refractivity contribution in [1.82, 2.24) is 0 Å². The fourth-order valence-electron chi connectivity index (χ4n) is 4.51. The molecule has 2 rings (SSSR count). The molecular formula is C23H35NaO7. The number of fused-ring (bicyclic) bond motifs is 1. The topological polar surface area (TPSA) is 127 Å². The Morgan fingerprint density at radius 3 is 2.58 bits per heavy atom. The van der Waals surface area contributed by atoms with Gasteiger partial charge in [0.1, 0.15) is 6.10 Å². The van der Waals surface area contributed by atoms with Crippen LogP contribution in [0.4, 0.5) is 0 Å². The maximum Gasteiger partial charge on any atom is 1.00 e. The zero-order valence-corrected chi connectivity index (χ0v) is 21.1. The van der Waals surface area contributed by atoms with Crippen molar-refractivity contribution in [3.05, 3.63) is 23.8 Å². The van der Waals surface area contributed by atoms with Gasteiger partial charge in [-0.3, -0.25) is 4.79 Å². The van der Waals surface area contributed by atoms with Crippen molar-refractivity contribution in [1.29, 1.82) is 0 Å². The molecule has 3 N–H and O–H groups in total. The van der Waals surface area contributed by atoms with E-state index in [0.29, 0.717) is 25.7 Å². The van der Waals surface area contributed by atoms with Crippen LogP contribution in [0.2, 0.25) is 0 Å². The number of aliphatic hydroxyl groups is 3. The average molecular weight is 447 g/mol. The third-order valence-electron chi connectivity index (χ3n) is 6.43. The number of aliphatic carboxylic acids is 1. The molecule has 0 saturated heterocycles. The second-order valence-corrected chi connectivity index (χ2v) is 8.86. The van der Waals surface area contributed by atoms with Gasteiger partial charge >= 0.3 is 35.5 Å². The number of rotatable bonds is 10. The smallest absolute Gasteiger partial charge is 0.550 e. The molecule has 2 aliphatic carbocycles. The van der Waals surface area contributed by atoms with Gasteiger partial charge in [0.05, 0.1) is 24.2 Å². The Hall–Kier alpha value is -0.700. The predicted molar refractivity (Wildman–Crippen MR) is 109 cm³/mol. The Kier molecular flexibility index (Phi) is 12.0. The Morgan fingerprint density at radius 1 is 1.29 bits per heavy atom. The molecule has 0 bridgehead atoms. The number of hydrogen-bond acceptors (Lipinski definition) is 7. The summed E-state index contributed by atoms with van der Waals surface area (Å²) in [6.07, 6.45) is 4.31. The summed E-state index contributed by atoms with van der Waals surface area (Å²) < 4.78 is 5.83. The molecule has 0 amide bonds. The van der Waals surface area contributed by atoms with E-state index in [9.17, 15) is 30.0 Å². The number of hydrogen-bond donors (Lipinski definition) is 3. The minimum atomic E-state index is -1.35. The molecule has 0 radical (unpaired) electrons. The van der Waals surface area contributed by atoms with Gasteiger partial charge in [-0.15, -0.1) is 0 Å². The van der Waals surface area contributed by atoms with Gasteiger partial charge in [0.15, 0.2) is 0 Å². The summed E-state index contributed by atoms with van der Waals surface area (Å²) in [6.45, 7) is 5.83. The first kappa shape index (κ1) is 28.3. The van der Waals surface area contributed by atoms with E-state index in [1.54, 1.807) is 0 Å². The van der Waals surface area contributed by atoms with Crippen molar-refractivity contribution >= 4 is 11.9 Å². The van der Waals surface area contributed by atoms with Gasteiger partial charge < -0.3 is 30.0 Å². The van der Waals surface area contributed by atoms with Gasteiger partial charge in [0.2, 0.25) is 0 Å². The summed E-state index contributed by atoms with van der Waals surface area (Å²) in [4.78, 5) is 23.0. The van der Waals surface area contributed by atoms with E-state index in [0.717, 1.165) is 5.57 Å². The van der Waals surface area contributed by atoms with E-state index in [4.69, 9.17) is 4.74 Å². The number of carboxylic acid groups (broad SMARTS) is 1. The second kappa shape index (κ2) is 13.1. The molecule has 0 heterocycles. The standard InChI is InChI=1S/C23H36O7.Na/c1-4-13(2)23(29)30-20-11-17(25)9-15-6-5-14(3)19(22(15)20)8-7-16(24)10-18(26)12-21(27)28;/h5-6,9,13-14,16-20,22,24-26H,4,7-8,10-12H2,1-3H3,(H,27,28);/q;+1/p-1/t13-,14-,16+,17+,18-,19-,20-,22-;/m0./s1. The van der Waals surface area contributed by atoms with Crippen molar-refractivity contribution in [3.8, 4) is 0 Å². The van der Waals surface area contributed by atoms with E-state index in [2.05, 4.69) is 13.0 Å². The molecule has 0 unspecified atom stereocenters. The predicted octanol–water partition coefficient (Wildman–Crippen LogP) is -1.89. The molecule has 0 aromatic heterocycles. The van der Waals surface area contributed by atoms with Crippen molar-refractivity contribution in [2.75, 3.05) is 0 Å². The summed E-state index contributed by atoms with van der Waals surface area (Å²) in [5.41, 5.74) is 0.949. The summed E-state index contributed by atoms with van der Waals surface area (Å²) in [6, 6.07) is 0. The van der Waals surface area contributed by atoms with Crippen LogP contribution in [-0.4, -0.2) is 51.7 Å². The van der Waals surface area contributed by atoms with Crippen LogP contribution in [0.15, 0.2) is 23.8 Å². The second-order valence-electron chi connectivity index (χ2n) is 8.86. The number of carboxylic acids is 1. The maximum atomic E-state index is 12.4. The minimum Gasteiger partial charge on any atom is -0.550 e. The van der Waals surface area contributed by atoms with Gasteiger partial charge in [0, 0.05) is 24.7 Å². The van der Waals surface area contributed by atoms with Crippen LogP contribution in [-0.2, 0) is 14.3 Å². The van der Waals surface area contributed by atoms with E-state index in [1.165, 1.54) is 0 Å². The molecular weight excluding hydrogens is 411 g/mol. The van der Waals surface area contributed by atoms with Crippen LogP contribution in [0.3, 0.4) is 0 Å². The van der Waals surface area contributed by atoms with Crippen LogP contribution in [0.25, 0.3) is 0 Å². The van der Waals surface area contributed by atoms with E-state index >= 15 is 0 Å². The van der Waals surface area contributed by atoms with Gasteiger partial charge in [-0.05, 0) is 43.1 Å². The van der Waals surface area contributed by atoms with Gasteiger partial charge in [-0.25, -0.2) is 0 Å². The molecule has 0 aliphatic heterocycles. The molecule has 0 aromatic rings. The normalized spacial score (nSPS) is 30.3. The van der Waals surface area contributed by atoms with Gasteiger partial charge in [-0.1, -0.05) is 39.0 Å². The summed E-state index contributed by atoms with van der Waals surface area (Å²) >= 11 is 0. The Bertz CT molecular complexity index is 662. The van der Waals surface area contributed by atoms with Crippen LogP contribution in [0.5, 0.6) is 0 Å². The number of aliphatic hydroxyl groups excluding tert-OH is 3. The summed E-state index contributed by atoms with van der Waals surface area (Å²) in [5, 5.41) is 40.8. The van der Waals surface area contributed by atoms with Gasteiger partial charge in [0.25, 0.3) is 0 Å². The average Bonchev–Trinajstić information content (AvgIpc) is 2.65. The Labute approximate surface area is 206 Å². The van der Waals surface area contributed by atoms with Crippen molar-refractivity contribution in [2.24, 2.45) is 23.7 Å². The zero-order chi connectivity index (χ0) is 22.4. The maximum absolute atomic E-state index is 12.4. The molecule has 0 saturated carbocycles. The molecule has 31 heavy (non-hydrogen) atoms. The van der Waals surface area contributed by atoms with Crippen LogP contribution >= 0.6 is 0 Å². The van der Waals surface area contributed by atoms with Gasteiger partial charge in [-0.2, -0.15) is 0 Å². The zero-order valence-electron chi connectivity index (χ0n) is 19.1. The van der Waals surface area contributed by atoms with Crippen molar-refractivity contribution < 1.29 is 64.3 Å². The monoisotopic (exact) mass is 446 g/mol. The Morgan fingerprint density at radius 2 is 1.97 bits per heavy atom. The largest absolute Gasteiger partial charge is 1.00 e. The molecule has 0 aromatic carbocycles. The fourth-order valence-corrected chi connectivity index (χ4v) is 4.51.